The third kappa shape index (κ3) is 4.22. The monoisotopic (exact) mass is 406 g/mol. The van der Waals surface area contributed by atoms with Crippen LogP contribution >= 0.6 is 11.8 Å². The van der Waals surface area contributed by atoms with Crippen LogP contribution in [0, 0.1) is 6.92 Å². The van der Waals surface area contributed by atoms with Crippen molar-refractivity contribution in [3.05, 3.63) is 76.8 Å². The Bertz CT molecular complexity index is 1220. The molecule has 0 saturated heterocycles. The molecule has 1 amide bonds. The van der Waals surface area contributed by atoms with Crippen molar-refractivity contribution < 1.29 is 9.32 Å². The molecule has 0 radical (unpaired) electrons. The van der Waals surface area contributed by atoms with Gasteiger partial charge < -0.3 is 9.84 Å². The second-order valence-electron chi connectivity index (χ2n) is 6.36. The molecule has 0 unspecified atom stereocenters. The van der Waals surface area contributed by atoms with Gasteiger partial charge >= 0.3 is 0 Å². The number of rotatable bonds is 6. The number of nitrogens with zero attached hydrogens (tertiary/aromatic N) is 3. The number of anilines is 1. The summed E-state index contributed by atoms with van der Waals surface area (Å²) in [6.45, 7) is 1.76. The molecule has 146 valence electrons. The van der Waals surface area contributed by atoms with Crippen molar-refractivity contribution in [2.24, 2.45) is 0 Å². The molecule has 2 aromatic carbocycles. The lowest BCUT2D eigenvalue weighted by Gasteiger charge is -2.13. The van der Waals surface area contributed by atoms with Crippen LogP contribution in [0.15, 0.2) is 75.1 Å². The lowest BCUT2D eigenvalue weighted by Crippen LogP contribution is -2.22. The Balaban J connectivity index is 1.57. The van der Waals surface area contributed by atoms with Crippen LogP contribution in [0.1, 0.15) is 12.2 Å². The number of thioether (sulfide) groups is 1. The molecule has 4 rings (SSSR count). The van der Waals surface area contributed by atoms with Crippen molar-refractivity contribution in [1.82, 2.24) is 14.7 Å². The molecular weight excluding hydrogens is 388 g/mol. The van der Waals surface area contributed by atoms with Gasteiger partial charge in [-0.3, -0.25) is 14.2 Å². The number of fused-ring (bicyclic) bond motifs is 1. The number of hydrogen-bond acceptors (Lipinski definition) is 6. The highest BCUT2D eigenvalue weighted by Gasteiger charge is 2.14. The molecule has 0 aliphatic rings. The zero-order chi connectivity index (χ0) is 20.2. The number of amides is 1. The number of carbonyl (C=O) groups is 1. The molecule has 4 aromatic rings. The SMILES string of the molecule is Cc1cc(NC(=O)CCSc2nc3ccccc3c(=O)n2-c2ccccc2)no1. The Hall–Kier alpha value is -3.39. The molecule has 0 bridgehead atoms. The van der Waals surface area contributed by atoms with Gasteiger partial charge in [-0.15, -0.1) is 0 Å². The summed E-state index contributed by atoms with van der Waals surface area (Å²) in [7, 11) is 0. The van der Waals surface area contributed by atoms with E-state index in [-0.39, 0.29) is 17.9 Å². The zero-order valence-corrected chi connectivity index (χ0v) is 16.5. The van der Waals surface area contributed by atoms with Crippen molar-refractivity contribution in [2.75, 3.05) is 11.1 Å². The molecule has 1 N–H and O–H groups in total. The lowest BCUT2D eigenvalue weighted by atomic mass is 10.2. The first-order valence-corrected chi connectivity index (χ1v) is 10.0. The topological polar surface area (TPSA) is 90.0 Å². The predicted molar refractivity (Wildman–Crippen MR) is 113 cm³/mol. The molecular formula is C21H18N4O3S. The molecule has 8 heteroatoms. The Kier molecular flexibility index (Phi) is 5.44. The van der Waals surface area contributed by atoms with E-state index in [1.54, 1.807) is 23.6 Å². The second-order valence-corrected chi connectivity index (χ2v) is 7.42. The van der Waals surface area contributed by atoms with Crippen LogP contribution in [0.25, 0.3) is 16.6 Å². The lowest BCUT2D eigenvalue weighted by molar-refractivity contribution is -0.115. The van der Waals surface area contributed by atoms with Crippen LogP contribution in [0.2, 0.25) is 0 Å². The predicted octanol–water partition coefficient (Wildman–Crippen LogP) is 3.80. The number of nitrogens with one attached hydrogen (secondary N) is 1. The average Bonchev–Trinajstić information content (AvgIpc) is 3.13. The quantitative estimate of drug-likeness (QED) is 0.387. The highest BCUT2D eigenvalue weighted by molar-refractivity contribution is 7.99. The highest BCUT2D eigenvalue weighted by atomic mass is 32.2. The molecule has 0 spiro atoms. The Labute approximate surface area is 170 Å². The van der Waals surface area contributed by atoms with Gasteiger partial charge in [0.15, 0.2) is 11.0 Å². The van der Waals surface area contributed by atoms with Gasteiger partial charge in [0.05, 0.1) is 16.6 Å². The molecule has 2 aromatic heterocycles. The van der Waals surface area contributed by atoms with Crippen LogP contribution in [-0.2, 0) is 4.79 Å². The maximum atomic E-state index is 13.1. The largest absolute Gasteiger partial charge is 0.360 e. The minimum atomic E-state index is -0.180. The standard InChI is InChI=1S/C21H18N4O3S/c1-14-13-18(24-28-14)23-19(26)11-12-29-21-22-17-10-6-5-9-16(17)20(27)25(21)15-7-3-2-4-8-15/h2-10,13H,11-12H2,1H3,(H,23,24,26). The van der Waals surface area contributed by atoms with Gasteiger partial charge in [0, 0.05) is 18.2 Å². The molecule has 0 saturated carbocycles. The second kappa shape index (κ2) is 8.32. The van der Waals surface area contributed by atoms with Crippen LogP contribution in [0.3, 0.4) is 0 Å². The summed E-state index contributed by atoms with van der Waals surface area (Å²) >= 11 is 1.36. The summed E-state index contributed by atoms with van der Waals surface area (Å²) in [6.07, 6.45) is 0.244. The smallest absolute Gasteiger partial charge is 0.266 e. The first-order chi connectivity index (χ1) is 14.1. The van der Waals surface area contributed by atoms with E-state index in [2.05, 4.69) is 15.5 Å². The third-order valence-electron chi connectivity index (χ3n) is 4.22. The van der Waals surface area contributed by atoms with Crippen LogP contribution in [0.4, 0.5) is 5.82 Å². The minimum absolute atomic E-state index is 0.133. The normalized spacial score (nSPS) is 10.9. The van der Waals surface area contributed by atoms with E-state index in [9.17, 15) is 9.59 Å². The van der Waals surface area contributed by atoms with Gasteiger partial charge in [-0.25, -0.2) is 4.98 Å². The molecule has 2 heterocycles. The minimum Gasteiger partial charge on any atom is -0.360 e. The van der Waals surface area contributed by atoms with E-state index in [4.69, 9.17) is 4.52 Å². The van der Waals surface area contributed by atoms with E-state index >= 15 is 0 Å². The summed E-state index contributed by atoms with van der Waals surface area (Å²) in [6, 6.07) is 18.3. The fourth-order valence-corrected chi connectivity index (χ4v) is 3.83. The molecule has 0 atom stereocenters. The van der Waals surface area contributed by atoms with E-state index in [1.165, 1.54) is 11.8 Å². The first kappa shape index (κ1) is 18.9. The first-order valence-electron chi connectivity index (χ1n) is 9.05. The highest BCUT2D eigenvalue weighted by Crippen LogP contribution is 2.22. The van der Waals surface area contributed by atoms with E-state index < -0.39 is 0 Å². The molecule has 7 nitrogen and oxygen atoms in total. The fourth-order valence-electron chi connectivity index (χ4n) is 2.88. The van der Waals surface area contributed by atoms with E-state index in [0.29, 0.717) is 33.4 Å². The summed E-state index contributed by atoms with van der Waals surface area (Å²) < 4.78 is 6.53. The van der Waals surface area contributed by atoms with Crippen molar-refractivity contribution in [3.8, 4) is 5.69 Å². The van der Waals surface area contributed by atoms with Gasteiger partial charge in [-0.1, -0.05) is 47.3 Å². The van der Waals surface area contributed by atoms with E-state index in [1.807, 2.05) is 48.5 Å². The van der Waals surface area contributed by atoms with Crippen molar-refractivity contribution in [1.29, 1.82) is 0 Å². The van der Waals surface area contributed by atoms with Gasteiger partial charge in [-0.05, 0) is 31.2 Å². The molecule has 29 heavy (non-hydrogen) atoms. The number of aryl methyl sites for hydroxylation is 1. The van der Waals surface area contributed by atoms with Gasteiger partial charge in [0.25, 0.3) is 5.56 Å². The molecule has 0 aliphatic carbocycles. The van der Waals surface area contributed by atoms with Gasteiger partial charge in [0.1, 0.15) is 5.76 Å². The van der Waals surface area contributed by atoms with Crippen LogP contribution in [0.5, 0.6) is 0 Å². The number of carbonyl (C=O) groups excluding carboxylic acids is 1. The fraction of sp³-hybridized carbons (Fsp3) is 0.143. The summed E-state index contributed by atoms with van der Waals surface area (Å²) in [4.78, 5) is 29.9. The third-order valence-corrected chi connectivity index (χ3v) is 5.16. The number of aromatic nitrogens is 3. The van der Waals surface area contributed by atoms with Crippen LogP contribution < -0.4 is 10.9 Å². The Morgan fingerprint density at radius 1 is 1.14 bits per heavy atom. The van der Waals surface area contributed by atoms with Crippen molar-refractivity contribution in [2.45, 2.75) is 18.5 Å². The summed E-state index contributed by atoms with van der Waals surface area (Å²) in [5, 5.41) is 7.54. The van der Waals surface area contributed by atoms with E-state index in [0.717, 1.165) is 5.69 Å². The van der Waals surface area contributed by atoms with Crippen molar-refractivity contribution in [3.63, 3.8) is 0 Å². The van der Waals surface area contributed by atoms with Crippen LogP contribution in [-0.4, -0.2) is 26.4 Å². The summed E-state index contributed by atoms with van der Waals surface area (Å²) in [5.41, 5.74) is 1.24. The number of para-hydroxylation sites is 2. The Morgan fingerprint density at radius 2 is 1.90 bits per heavy atom. The maximum Gasteiger partial charge on any atom is 0.266 e. The number of benzene rings is 2. The number of hydrogen-bond donors (Lipinski definition) is 1. The molecule has 0 aliphatic heterocycles. The van der Waals surface area contributed by atoms with Gasteiger partial charge in [0.2, 0.25) is 5.91 Å². The molecule has 0 fully saturated rings. The average molecular weight is 406 g/mol. The summed E-state index contributed by atoms with van der Waals surface area (Å²) in [5.74, 6) is 1.30. The van der Waals surface area contributed by atoms with Crippen molar-refractivity contribution >= 4 is 34.4 Å². The Morgan fingerprint density at radius 3 is 2.66 bits per heavy atom. The van der Waals surface area contributed by atoms with Gasteiger partial charge in [-0.2, -0.15) is 0 Å². The maximum absolute atomic E-state index is 13.1. The zero-order valence-electron chi connectivity index (χ0n) is 15.7.